The second-order valence-electron chi connectivity index (χ2n) is 2.58. The third-order valence-corrected chi connectivity index (χ3v) is 1.62. The van der Waals surface area contributed by atoms with Crippen molar-refractivity contribution in [2.45, 2.75) is 6.54 Å². The minimum absolute atomic E-state index is 0.236. The molecule has 0 atom stereocenters. The molecular weight excluding hydrogens is 184 g/mol. The summed E-state index contributed by atoms with van der Waals surface area (Å²) in [7, 11) is 0. The molecule has 7 nitrogen and oxygen atoms in total. The van der Waals surface area contributed by atoms with E-state index in [2.05, 4.69) is 20.1 Å². The van der Waals surface area contributed by atoms with Gasteiger partial charge in [0.25, 0.3) is 5.56 Å². The molecule has 0 aliphatic rings. The first-order valence-corrected chi connectivity index (χ1v) is 3.95. The number of hydrogen-bond donors (Lipinski definition) is 2. The van der Waals surface area contributed by atoms with E-state index in [1.54, 1.807) is 0 Å². The minimum Gasteiger partial charge on any atom is -0.324 e. The van der Waals surface area contributed by atoms with E-state index in [9.17, 15) is 4.79 Å². The molecule has 14 heavy (non-hydrogen) atoms. The van der Waals surface area contributed by atoms with E-state index in [0.29, 0.717) is 11.6 Å². The van der Waals surface area contributed by atoms with Crippen molar-refractivity contribution in [1.29, 1.82) is 0 Å². The molecule has 3 N–H and O–H groups in total. The van der Waals surface area contributed by atoms with Crippen molar-refractivity contribution in [2.24, 2.45) is 5.73 Å². The number of aromatic amines is 1. The van der Waals surface area contributed by atoms with Crippen molar-refractivity contribution in [3.8, 4) is 5.82 Å². The van der Waals surface area contributed by atoms with Crippen molar-refractivity contribution in [3.05, 3.63) is 34.9 Å². The predicted octanol–water partition coefficient (Wildman–Crippen LogP) is -1.19. The van der Waals surface area contributed by atoms with Gasteiger partial charge in [0, 0.05) is 6.07 Å². The third kappa shape index (κ3) is 1.52. The van der Waals surface area contributed by atoms with Crippen LogP contribution in [0.2, 0.25) is 0 Å². The highest BCUT2D eigenvalue weighted by atomic mass is 16.1. The fourth-order valence-electron chi connectivity index (χ4n) is 0.985. The molecule has 0 bridgehead atoms. The van der Waals surface area contributed by atoms with Crippen LogP contribution in [-0.2, 0) is 6.54 Å². The van der Waals surface area contributed by atoms with Crippen molar-refractivity contribution < 1.29 is 0 Å². The summed E-state index contributed by atoms with van der Waals surface area (Å²) in [4.78, 5) is 21.2. The van der Waals surface area contributed by atoms with Crippen LogP contribution in [0.15, 0.2) is 23.5 Å². The van der Waals surface area contributed by atoms with Gasteiger partial charge in [0.1, 0.15) is 6.33 Å². The summed E-state index contributed by atoms with van der Waals surface area (Å²) >= 11 is 0. The lowest BCUT2D eigenvalue weighted by Gasteiger charge is -1.95. The molecule has 0 unspecified atom stereocenters. The minimum atomic E-state index is -0.236. The number of nitrogens with two attached hydrogens (primary N) is 1. The Morgan fingerprint density at radius 1 is 1.50 bits per heavy atom. The summed E-state index contributed by atoms with van der Waals surface area (Å²) in [6, 6.07) is 1.33. The fourth-order valence-corrected chi connectivity index (χ4v) is 0.985. The first-order valence-electron chi connectivity index (χ1n) is 3.95. The molecule has 0 saturated carbocycles. The van der Waals surface area contributed by atoms with Gasteiger partial charge in [-0.3, -0.25) is 4.79 Å². The number of nitrogens with one attached hydrogen (secondary N) is 1. The molecule has 2 heterocycles. The Balaban J connectivity index is 2.44. The van der Waals surface area contributed by atoms with Gasteiger partial charge in [-0.2, -0.15) is 0 Å². The van der Waals surface area contributed by atoms with Gasteiger partial charge < -0.3 is 10.7 Å². The van der Waals surface area contributed by atoms with Crippen LogP contribution in [0.5, 0.6) is 0 Å². The average Bonchev–Trinajstić information content (AvgIpc) is 2.66. The van der Waals surface area contributed by atoms with Crippen LogP contribution in [0.25, 0.3) is 5.82 Å². The number of H-pyrrole nitrogens is 1. The summed E-state index contributed by atoms with van der Waals surface area (Å²) in [5.41, 5.74) is 5.11. The maximum absolute atomic E-state index is 11.0. The van der Waals surface area contributed by atoms with Crippen molar-refractivity contribution in [3.63, 3.8) is 0 Å². The van der Waals surface area contributed by atoms with Crippen LogP contribution in [-0.4, -0.2) is 24.7 Å². The zero-order chi connectivity index (χ0) is 9.97. The Bertz CT molecular complexity index is 487. The second-order valence-corrected chi connectivity index (χ2v) is 2.58. The summed E-state index contributed by atoms with van der Waals surface area (Å²) in [5, 5.41) is 4.01. The summed E-state index contributed by atoms with van der Waals surface area (Å²) in [6.07, 6.45) is 2.77. The van der Waals surface area contributed by atoms with Gasteiger partial charge in [0.2, 0.25) is 0 Å². The highest BCUT2D eigenvalue weighted by Gasteiger charge is 2.01. The lowest BCUT2D eigenvalue weighted by atomic mass is 10.6. The van der Waals surface area contributed by atoms with Gasteiger partial charge in [0.05, 0.1) is 12.9 Å². The molecule has 0 fully saturated rings. The molecule has 72 valence electrons. The molecule has 0 radical (unpaired) electrons. The molecule has 0 amide bonds. The zero-order valence-electron chi connectivity index (χ0n) is 7.21. The summed E-state index contributed by atoms with van der Waals surface area (Å²) < 4.78 is 1.40. The van der Waals surface area contributed by atoms with E-state index in [1.165, 1.54) is 23.4 Å². The van der Waals surface area contributed by atoms with Crippen LogP contribution in [0.3, 0.4) is 0 Å². The lowest BCUT2D eigenvalue weighted by Crippen LogP contribution is -2.09. The van der Waals surface area contributed by atoms with E-state index in [1.807, 2.05) is 0 Å². The van der Waals surface area contributed by atoms with Crippen LogP contribution < -0.4 is 11.3 Å². The van der Waals surface area contributed by atoms with Crippen molar-refractivity contribution in [1.82, 2.24) is 24.7 Å². The van der Waals surface area contributed by atoms with Gasteiger partial charge in [0.15, 0.2) is 11.6 Å². The Hall–Kier alpha value is -2.02. The predicted molar refractivity (Wildman–Crippen MR) is 47.7 cm³/mol. The first kappa shape index (κ1) is 8.57. The van der Waals surface area contributed by atoms with Crippen LogP contribution in [0.4, 0.5) is 0 Å². The van der Waals surface area contributed by atoms with E-state index in [4.69, 9.17) is 5.73 Å². The van der Waals surface area contributed by atoms with Gasteiger partial charge >= 0.3 is 0 Å². The number of nitrogens with zero attached hydrogens (tertiary/aromatic N) is 4. The molecule has 0 aromatic carbocycles. The number of rotatable bonds is 2. The molecule has 2 rings (SSSR count). The molecular formula is C7H8N6O. The first-order chi connectivity index (χ1) is 6.79. The van der Waals surface area contributed by atoms with E-state index >= 15 is 0 Å². The monoisotopic (exact) mass is 192 g/mol. The SMILES string of the molecule is NCc1ncn(-c2cc(=O)[nH]cn2)n1. The molecule has 2 aromatic rings. The normalized spacial score (nSPS) is 10.4. The average molecular weight is 192 g/mol. The molecule has 0 saturated heterocycles. The largest absolute Gasteiger partial charge is 0.324 e. The molecule has 0 aliphatic heterocycles. The quantitative estimate of drug-likeness (QED) is 0.622. The Labute approximate surface area is 78.6 Å². The maximum Gasteiger partial charge on any atom is 0.252 e. The van der Waals surface area contributed by atoms with Crippen LogP contribution >= 0.6 is 0 Å². The summed E-state index contributed by atoms with van der Waals surface area (Å²) in [5.74, 6) is 0.924. The Morgan fingerprint density at radius 2 is 2.36 bits per heavy atom. The molecule has 2 aromatic heterocycles. The number of aromatic nitrogens is 5. The van der Waals surface area contributed by atoms with E-state index in [0.717, 1.165) is 0 Å². The Morgan fingerprint density at radius 3 is 3.00 bits per heavy atom. The standard InChI is InChI=1S/C7H8N6O/c8-2-5-11-4-13(12-5)6-1-7(14)10-3-9-6/h1,3-4H,2,8H2,(H,9,10,14). The van der Waals surface area contributed by atoms with Gasteiger partial charge in [-0.1, -0.05) is 0 Å². The van der Waals surface area contributed by atoms with Crippen molar-refractivity contribution >= 4 is 0 Å². The zero-order valence-corrected chi connectivity index (χ0v) is 7.21. The molecule has 7 heteroatoms. The third-order valence-electron chi connectivity index (χ3n) is 1.62. The maximum atomic E-state index is 11.0. The fraction of sp³-hybridized carbons (Fsp3) is 0.143. The van der Waals surface area contributed by atoms with Gasteiger partial charge in [-0.25, -0.2) is 14.6 Å². The van der Waals surface area contributed by atoms with Gasteiger partial charge in [-0.15, -0.1) is 5.10 Å². The topological polar surface area (TPSA) is 102 Å². The molecule has 0 spiro atoms. The molecule has 0 aliphatic carbocycles. The second kappa shape index (κ2) is 3.38. The lowest BCUT2D eigenvalue weighted by molar-refractivity contribution is 0.801. The summed E-state index contributed by atoms with van der Waals surface area (Å²) in [6.45, 7) is 0.260. The van der Waals surface area contributed by atoms with Crippen LogP contribution in [0.1, 0.15) is 5.82 Å². The highest BCUT2D eigenvalue weighted by molar-refractivity contribution is 5.16. The van der Waals surface area contributed by atoms with Gasteiger partial charge in [-0.05, 0) is 0 Å². The van der Waals surface area contributed by atoms with Crippen molar-refractivity contribution in [2.75, 3.05) is 0 Å². The van der Waals surface area contributed by atoms with Crippen LogP contribution in [0, 0.1) is 0 Å². The number of hydrogen-bond acceptors (Lipinski definition) is 5. The Kier molecular flexibility index (Phi) is 2.07. The highest BCUT2D eigenvalue weighted by Crippen LogP contribution is 1.96. The van der Waals surface area contributed by atoms with E-state index < -0.39 is 0 Å². The smallest absolute Gasteiger partial charge is 0.252 e. The van der Waals surface area contributed by atoms with E-state index in [-0.39, 0.29) is 12.1 Å².